The number of halogens is 1. The van der Waals surface area contributed by atoms with E-state index in [1.165, 1.54) is 0 Å². The molecule has 17 heavy (non-hydrogen) atoms. The SMILES string of the molecule is CC(C)(O)CCOc1c(N)cc(C#N)cc1I. The van der Waals surface area contributed by atoms with Gasteiger partial charge in [0, 0.05) is 6.42 Å². The van der Waals surface area contributed by atoms with Crippen LogP contribution in [0, 0.1) is 14.9 Å². The number of rotatable bonds is 4. The summed E-state index contributed by atoms with van der Waals surface area (Å²) in [6, 6.07) is 5.34. The van der Waals surface area contributed by atoms with Gasteiger partial charge in [-0.25, -0.2) is 0 Å². The minimum absolute atomic E-state index is 0.385. The highest BCUT2D eigenvalue weighted by molar-refractivity contribution is 14.1. The molecule has 0 saturated carbocycles. The second kappa shape index (κ2) is 5.56. The second-order valence-electron chi connectivity index (χ2n) is 4.40. The number of nitrogen functional groups attached to an aromatic ring is 1. The predicted molar refractivity (Wildman–Crippen MR) is 74.7 cm³/mol. The van der Waals surface area contributed by atoms with E-state index in [0.717, 1.165) is 3.57 Å². The highest BCUT2D eigenvalue weighted by Gasteiger charge is 2.14. The predicted octanol–water partition coefficient (Wildman–Crippen LogP) is 2.28. The molecule has 0 unspecified atom stereocenters. The first-order valence-electron chi connectivity index (χ1n) is 5.18. The maximum absolute atomic E-state index is 9.56. The number of nitriles is 1. The van der Waals surface area contributed by atoms with E-state index in [1.54, 1.807) is 26.0 Å². The average Bonchev–Trinajstić information content (AvgIpc) is 2.20. The van der Waals surface area contributed by atoms with Gasteiger partial charge in [-0.2, -0.15) is 5.26 Å². The molecule has 92 valence electrons. The lowest BCUT2D eigenvalue weighted by atomic mass is 10.1. The number of hydrogen-bond acceptors (Lipinski definition) is 4. The summed E-state index contributed by atoms with van der Waals surface area (Å²) in [5, 5.41) is 18.3. The molecule has 0 bridgehead atoms. The number of benzene rings is 1. The lowest BCUT2D eigenvalue weighted by Crippen LogP contribution is -2.22. The third-order valence-electron chi connectivity index (χ3n) is 2.16. The summed E-state index contributed by atoms with van der Waals surface area (Å²) in [5.74, 6) is 0.578. The highest BCUT2D eigenvalue weighted by atomic mass is 127. The van der Waals surface area contributed by atoms with E-state index < -0.39 is 5.60 Å². The number of nitrogens with zero attached hydrogens (tertiary/aromatic N) is 1. The third-order valence-corrected chi connectivity index (χ3v) is 2.96. The normalized spacial score (nSPS) is 11.0. The van der Waals surface area contributed by atoms with E-state index in [-0.39, 0.29) is 0 Å². The zero-order chi connectivity index (χ0) is 13.1. The highest BCUT2D eigenvalue weighted by Crippen LogP contribution is 2.29. The second-order valence-corrected chi connectivity index (χ2v) is 5.56. The molecular formula is C12H15IN2O2. The topological polar surface area (TPSA) is 79.3 Å². The molecule has 0 aliphatic heterocycles. The summed E-state index contributed by atoms with van der Waals surface area (Å²) < 4.78 is 6.34. The van der Waals surface area contributed by atoms with Gasteiger partial charge in [-0.15, -0.1) is 0 Å². The van der Waals surface area contributed by atoms with Crippen molar-refractivity contribution in [1.29, 1.82) is 5.26 Å². The van der Waals surface area contributed by atoms with E-state index in [0.29, 0.717) is 30.0 Å². The zero-order valence-electron chi connectivity index (χ0n) is 9.83. The molecule has 1 aromatic rings. The van der Waals surface area contributed by atoms with Crippen molar-refractivity contribution in [2.24, 2.45) is 0 Å². The van der Waals surface area contributed by atoms with Crippen LogP contribution >= 0.6 is 22.6 Å². The molecule has 0 saturated heterocycles. The molecule has 0 fully saturated rings. The van der Waals surface area contributed by atoms with Gasteiger partial charge in [-0.05, 0) is 48.6 Å². The van der Waals surface area contributed by atoms with Crippen LogP contribution in [0.5, 0.6) is 5.75 Å². The Balaban J connectivity index is 2.76. The van der Waals surface area contributed by atoms with Gasteiger partial charge in [0.15, 0.2) is 5.75 Å². The lowest BCUT2D eigenvalue weighted by Gasteiger charge is -2.18. The molecular weight excluding hydrogens is 331 g/mol. The summed E-state index contributed by atoms with van der Waals surface area (Å²) in [7, 11) is 0. The van der Waals surface area contributed by atoms with Crippen LogP contribution in [-0.4, -0.2) is 17.3 Å². The average molecular weight is 346 g/mol. The Labute approximate surface area is 115 Å². The summed E-state index contributed by atoms with van der Waals surface area (Å²) >= 11 is 2.08. The van der Waals surface area contributed by atoms with Gasteiger partial charge < -0.3 is 15.6 Å². The number of ether oxygens (including phenoxy) is 1. The van der Waals surface area contributed by atoms with E-state index in [1.807, 2.05) is 6.07 Å². The Bertz CT molecular complexity index is 424. The maximum atomic E-state index is 9.56. The first-order valence-corrected chi connectivity index (χ1v) is 6.25. The first kappa shape index (κ1) is 14.1. The number of hydrogen-bond donors (Lipinski definition) is 2. The molecule has 0 aliphatic carbocycles. The number of nitrogens with two attached hydrogens (primary N) is 1. The Kier molecular flexibility index (Phi) is 4.60. The van der Waals surface area contributed by atoms with Crippen LogP contribution in [0.15, 0.2) is 12.1 Å². The standard InChI is InChI=1S/C12H15IN2O2/c1-12(2,16)3-4-17-11-9(13)5-8(7-14)6-10(11)15/h5-6,16H,3-4,15H2,1-2H3. The van der Waals surface area contributed by atoms with Crippen LogP contribution in [0.2, 0.25) is 0 Å². The van der Waals surface area contributed by atoms with Crippen LogP contribution in [0.25, 0.3) is 0 Å². The molecule has 0 aromatic heterocycles. The van der Waals surface area contributed by atoms with Gasteiger partial charge in [0.2, 0.25) is 0 Å². The van der Waals surface area contributed by atoms with Crippen molar-refractivity contribution in [2.75, 3.05) is 12.3 Å². The zero-order valence-corrected chi connectivity index (χ0v) is 12.0. The maximum Gasteiger partial charge on any atom is 0.155 e. The first-order chi connectivity index (χ1) is 7.83. The van der Waals surface area contributed by atoms with Crippen LogP contribution in [0.3, 0.4) is 0 Å². The molecule has 0 heterocycles. The minimum Gasteiger partial charge on any atom is -0.490 e. The van der Waals surface area contributed by atoms with Crippen LogP contribution in [-0.2, 0) is 0 Å². The van der Waals surface area contributed by atoms with Crippen molar-refractivity contribution >= 4 is 28.3 Å². The molecule has 5 heteroatoms. The van der Waals surface area contributed by atoms with E-state index in [2.05, 4.69) is 22.6 Å². The summed E-state index contributed by atoms with van der Waals surface area (Å²) in [5.41, 5.74) is 6.01. The summed E-state index contributed by atoms with van der Waals surface area (Å²) in [6.07, 6.45) is 0.516. The Morgan fingerprint density at radius 1 is 1.53 bits per heavy atom. The summed E-state index contributed by atoms with van der Waals surface area (Å²) in [6.45, 7) is 3.84. The fourth-order valence-electron chi connectivity index (χ4n) is 1.23. The van der Waals surface area contributed by atoms with Crippen molar-refractivity contribution in [2.45, 2.75) is 25.9 Å². The largest absolute Gasteiger partial charge is 0.490 e. The van der Waals surface area contributed by atoms with Gasteiger partial charge in [0.1, 0.15) is 0 Å². The Morgan fingerprint density at radius 3 is 2.65 bits per heavy atom. The molecule has 0 spiro atoms. The van der Waals surface area contributed by atoms with Crippen molar-refractivity contribution in [3.63, 3.8) is 0 Å². The van der Waals surface area contributed by atoms with Gasteiger partial charge >= 0.3 is 0 Å². The third kappa shape index (κ3) is 4.40. The van der Waals surface area contributed by atoms with Crippen LogP contribution in [0.4, 0.5) is 5.69 Å². The molecule has 0 atom stereocenters. The van der Waals surface area contributed by atoms with Crippen molar-refractivity contribution in [3.05, 3.63) is 21.3 Å². The quantitative estimate of drug-likeness (QED) is 0.648. The Hall–Kier alpha value is -1.00. The van der Waals surface area contributed by atoms with E-state index in [4.69, 9.17) is 15.7 Å². The van der Waals surface area contributed by atoms with Crippen LogP contribution < -0.4 is 10.5 Å². The van der Waals surface area contributed by atoms with Crippen molar-refractivity contribution in [1.82, 2.24) is 0 Å². The molecule has 1 rings (SSSR count). The van der Waals surface area contributed by atoms with Crippen molar-refractivity contribution in [3.8, 4) is 11.8 Å². The van der Waals surface area contributed by atoms with Gasteiger partial charge in [0.25, 0.3) is 0 Å². The Morgan fingerprint density at radius 2 is 2.18 bits per heavy atom. The molecule has 0 radical (unpaired) electrons. The number of anilines is 1. The van der Waals surface area contributed by atoms with E-state index >= 15 is 0 Å². The fraction of sp³-hybridized carbons (Fsp3) is 0.417. The van der Waals surface area contributed by atoms with Gasteiger partial charge in [0.05, 0.1) is 33.1 Å². The molecule has 1 aromatic carbocycles. The fourth-order valence-corrected chi connectivity index (χ4v) is 2.04. The molecule has 0 aliphatic rings. The monoisotopic (exact) mass is 346 g/mol. The van der Waals surface area contributed by atoms with Gasteiger partial charge in [-0.3, -0.25) is 0 Å². The number of aliphatic hydroxyl groups is 1. The summed E-state index contributed by atoms with van der Waals surface area (Å²) in [4.78, 5) is 0. The van der Waals surface area contributed by atoms with Gasteiger partial charge in [-0.1, -0.05) is 0 Å². The lowest BCUT2D eigenvalue weighted by molar-refractivity contribution is 0.0553. The molecule has 4 nitrogen and oxygen atoms in total. The smallest absolute Gasteiger partial charge is 0.155 e. The van der Waals surface area contributed by atoms with Crippen LogP contribution in [0.1, 0.15) is 25.8 Å². The molecule has 0 amide bonds. The van der Waals surface area contributed by atoms with E-state index in [9.17, 15) is 5.11 Å². The van der Waals surface area contributed by atoms with Crippen molar-refractivity contribution < 1.29 is 9.84 Å². The minimum atomic E-state index is -0.757. The molecule has 3 N–H and O–H groups in total.